The van der Waals surface area contributed by atoms with E-state index in [-0.39, 0.29) is 54.7 Å². The Balaban J connectivity index is 0.817. The van der Waals surface area contributed by atoms with Gasteiger partial charge in [0.05, 0.1) is 17.3 Å². The third kappa shape index (κ3) is 11.0. The first-order valence-corrected chi connectivity index (χ1v) is 24.0. The summed E-state index contributed by atoms with van der Waals surface area (Å²) >= 11 is 0. The van der Waals surface area contributed by atoms with Gasteiger partial charge < -0.3 is 20.4 Å². The number of anilines is 1. The molecule has 0 aliphatic carbocycles. The fourth-order valence-electron chi connectivity index (χ4n) is 9.39. The lowest BCUT2D eigenvalue weighted by atomic mass is 9.99. The third-order valence-corrected chi connectivity index (χ3v) is 13.2. The third-order valence-electron chi connectivity index (χ3n) is 13.2. The van der Waals surface area contributed by atoms with Gasteiger partial charge in [-0.1, -0.05) is 106 Å². The van der Waals surface area contributed by atoms with E-state index in [9.17, 15) is 33.6 Å². The van der Waals surface area contributed by atoms with Gasteiger partial charge in [0.25, 0.3) is 11.8 Å². The van der Waals surface area contributed by atoms with E-state index in [4.69, 9.17) is 0 Å². The van der Waals surface area contributed by atoms with Crippen LogP contribution in [0.4, 0.5) is 5.69 Å². The van der Waals surface area contributed by atoms with Gasteiger partial charge in [-0.3, -0.25) is 53.4 Å². The zero-order valence-corrected chi connectivity index (χ0v) is 38.6. The summed E-state index contributed by atoms with van der Waals surface area (Å²) in [6.45, 7) is 4.00. The molecule has 0 spiro atoms. The zero-order chi connectivity index (χ0) is 47.6. The Morgan fingerprint density at radius 1 is 0.750 bits per heavy atom. The van der Waals surface area contributed by atoms with Crippen LogP contribution in [0, 0.1) is 0 Å². The molecule has 3 aliphatic heterocycles. The van der Waals surface area contributed by atoms with Gasteiger partial charge in [0.1, 0.15) is 18.6 Å². The molecule has 0 radical (unpaired) electrons. The summed E-state index contributed by atoms with van der Waals surface area (Å²) in [5.74, 6) is -2.84. The molecule has 3 N–H and O–H groups in total. The van der Waals surface area contributed by atoms with Crippen molar-refractivity contribution in [3.8, 4) is 22.3 Å². The number of hydrogen-bond acceptors (Lipinski definition) is 10. The number of amides is 7. The molecule has 3 aliphatic rings. The standard InChI is InChI=1S/C52H59N9O7/c1-2-3-4-5-6-7-8-16-43(56-45(62)18-12-25-54-42-17-11-15-40-48(42)52(68)61(50(40)66)44-23-24-46(63)57-49(44)65)51(67)59-28-26-58(27-29-59)47(64)34-60-33-38(31-55-60)35-19-21-36(22-20-35)41-32-53-30-37-13-9-10-14-39(37)41/h9-11,13-15,17,19-22,30-33,43-44,54H,2-8,12,16,18,23-29,34H2,1H3,(H,56,62)(H,57,63,65)/t43-,44?/m0/s1. The normalized spacial score (nSPS) is 16.5. The maximum absolute atomic E-state index is 14.0. The number of aromatic nitrogens is 3. The summed E-state index contributed by atoms with van der Waals surface area (Å²) in [7, 11) is 0. The van der Waals surface area contributed by atoms with Crippen molar-refractivity contribution in [1.29, 1.82) is 0 Å². The molecule has 2 aromatic heterocycles. The molecule has 1 unspecified atom stereocenters. The number of piperazine rings is 1. The first kappa shape index (κ1) is 47.3. The number of fused-ring (bicyclic) bond motifs is 2. The molecule has 0 bridgehead atoms. The number of piperidine rings is 1. The highest BCUT2D eigenvalue weighted by molar-refractivity contribution is 6.25. The minimum atomic E-state index is -1.07. The number of carbonyl (C=O) groups is 7. The number of pyridine rings is 1. The Morgan fingerprint density at radius 3 is 2.26 bits per heavy atom. The Morgan fingerprint density at radius 2 is 1.49 bits per heavy atom. The molecule has 16 heteroatoms. The van der Waals surface area contributed by atoms with E-state index >= 15 is 0 Å². The largest absolute Gasteiger partial charge is 0.384 e. The number of rotatable bonds is 20. The molecule has 7 amide bonds. The summed E-state index contributed by atoms with van der Waals surface area (Å²) in [6.07, 6.45) is 16.0. The predicted octanol–water partition coefficient (Wildman–Crippen LogP) is 6.36. The van der Waals surface area contributed by atoms with E-state index in [2.05, 4.69) is 57.2 Å². The molecule has 354 valence electrons. The van der Waals surface area contributed by atoms with Crippen LogP contribution in [0.15, 0.2) is 91.5 Å². The summed E-state index contributed by atoms with van der Waals surface area (Å²) in [5, 5.41) is 15.1. The van der Waals surface area contributed by atoms with E-state index in [1.165, 1.54) is 18.9 Å². The average Bonchev–Trinajstić information content (AvgIpc) is 3.93. The van der Waals surface area contributed by atoms with E-state index in [1.54, 1.807) is 32.8 Å². The Labute approximate surface area is 395 Å². The van der Waals surface area contributed by atoms with Gasteiger partial charge in [0.2, 0.25) is 29.5 Å². The van der Waals surface area contributed by atoms with Crippen molar-refractivity contribution >= 4 is 57.8 Å². The van der Waals surface area contributed by atoms with Gasteiger partial charge in [-0.05, 0) is 47.9 Å². The van der Waals surface area contributed by atoms with Crippen molar-refractivity contribution in [2.24, 2.45) is 0 Å². The number of hydrogen-bond donors (Lipinski definition) is 3. The van der Waals surface area contributed by atoms with Crippen LogP contribution in [0.2, 0.25) is 0 Å². The first-order valence-electron chi connectivity index (χ1n) is 24.0. The molecule has 3 aromatic carbocycles. The highest BCUT2D eigenvalue weighted by atomic mass is 16.2. The molecule has 5 aromatic rings. The van der Waals surface area contributed by atoms with E-state index < -0.39 is 35.7 Å². The van der Waals surface area contributed by atoms with Gasteiger partial charge >= 0.3 is 0 Å². The first-order chi connectivity index (χ1) is 33.1. The Bertz CT molecular complexity index is 2670. The summed E-state index contributed by atoms with van der Waals surface area (Å²) in [4.78, 5) is 101. The van der Waals surface area contributed by atoms with Crippen molar-refractivity contribution in [1.82, 2.24) is 40.1 Å². The van der Waals surface area contributed by atoms with Crippen molar-refractivity contribution in [3.63, 3.8) is 0 Å². The van der Waals surface area contributed by atoms with Gasteiger partial charge in [0.15, 0.2) is 0 Å². The Hall–Kier alpha value is -7.23. The molecular formula is C52H59N9O7. The van der Waals surface area contributed by atoms with Gasteiger partial charge in [0, 0.05) is 86.4 Å². The molecule has 0 saturated carbocycles. The lowest BCUT2D eigenvalue weighted by molar-refractivity contribution is -0.142. The number of carbonyl (C=O) groups excluding carboxylic acids is 7. The van der Waals surface area contributed by atoms with Crippen molar-refractivity contribution in [2.75, 3.05) is 38.0 Å². The second-order valence-corrected chi connectivity index (χ2v) is 17.9. The van der Waals surface area contributed by atoms with E-state index in [0.717, 1.165) is 70.0 Å². The molecule has 5 heterocycles. The summed E-state index contributed by atoms with van der Waals surface area (Å²) < 4.78 is 1.64. The maximum atomic E-state index is 14.0. The van der Waals surface area contributed by atoms with Crippen molar-refractivity contribution in [2.45, 2.75) is 103 Å². The van der Waals surface area contributed by atoms with Crippen LogP contribution in [-0.4, -0.2) is 116 Å². The number of imide groups is 2. The van der Waals surface area contributed by atoms with Crippen LogP contribution in [-0.2, 0) is 30.5 Å². The topological polar surface area (TPSA) is 196 Å². The van der Waals surface area contributed by atoms with Crippen LogP contribution in [0.5, 0.6) is 0 Å². The second-order valence-electron chi connectivity index (χ2n) is 17.9. The molecular weight excluding hydrogens is 863 g/mol. The molecule has 2 atom stereocenters. The maximum Gasteiger partial charge on any atom is 0.264 e. The fourth-order valence-corrected chi connectivity index (χ4v) is 9.39. The average molecular weight is 922 g/mol. The number of unbranched alkanes of at least 4 members (excludes halogenated alkanes) is 6. The van der Waals surface area contributed by atoms with Crippen molar-refractivity contribution < 1.29 is 33.6 Å². The smallest absolute Gasteiger partial charge is 0.264 e. The predicted molar refractivity (Wildman–Crippen MR) is 257 cm³/mol. The molecule has 2 fully saturated rings. The molecule has 8 rings (SSSR count). The quantitative estimate of drug-likeness (QED) is 0.0584. The number of nitrogens with one attached hydrogen (secondary N) is 3. The summed E-state index contributed by atoms with van der Waals surface area (Å²) in [5.41, 5.74) is 4.73. The fraction of sp³-hybridized carbons (Fsp3) is 0.404. The molecule has 68 heavy (non-hydrogen) atoms. The monoisotopic (exact) mass is 921 g/mol. The lowest BCUT2D eigenvalue weighted by Crippen LogP contribution is -2.56. The Kier molecular flexibility index (Phi) is 15.3. The number of benzene rings is 3. The molecule has 16 nitrogen and oxygen atoms in total. The van der Waals surface area contributed by atoms with Crippen molar-refractivity contribution in [3.05, 3.63) is 103 Å². The lowest BCUT2D eigenvalue weighted by Gasteiger charge is -2.36. The van der Waals surface area contributed by atoms with E-state index in [0.29, 0.717) is 51.3 Å². The SMILES string of the molecule is CCCCCCCCC[C@H](NC(=O)CCCNc1cccc2c1C(=O)N(C1CCC(=O)NC1=O)C2=O)C(=O)N1CCN(C(=O)Cn2cc(-c3ccc(-c4cncc5ccccc45)cc3)cn2)CC1. The highest BCUT2D eigenvalue weighted by Gasteiger charge is 2.45. The van der Waals surface area contributed by atoms with E-state index in [1.807, 2.05) is 42.9 Å². The molecule has 2 saturated heterocycles. The van der Waals surface area contributed by atoms with Crippen LogP contribution >= 0.6 is 0 Å². The zero-order valence-electron chi connectivity index (χ0n) is 38.6. The minimum Gasteiger partial charge on any atom is -0.384 e. The van der Waals surface area contributed by atoms with Gasteiger partial charge in [-0.2, -0.15) is 5.10 Å². The van der Waals surface area contributed by atoms with Gasteiger partial charge in [-0.25, -0.2) is 0 Å². The minimum absolute atomic E-state index is 0.0274. The number of nitrogens with zero attached hydrogens (tertiary/aromatic N) is 6. The van der Waals surface area contributed by atoms with Crippen LogP contribution in [0.3, 0.4) is 0 Å². The van der Waals surface area contributed by atoms with Crippen LogP contribution < -0.4 is 16.0 Å². The highest BCUT2D eigenvalue weighted by Crippen LogP contribution is 2.33. The van der Waals surface area contributed by atoms with Gasteiger partial charge in [-0.15, -0.1) is 0 Å². The van der Waals surface area contributed by atoms with Crippen LogP contribution in [0.25, 0.3) is 33.0 Å². The summed E-state index contributed by atoms with van der Waals surface area (Å²) in [6, 6.07) is 19.5. The van der Waals surface area contributed by atoms with Crippen LogP contribution in [0.1, 0.15) is 105 Å². The second kappa shape index (κ2) is 22.0.